The first-order valence-corrected chi connectivity index (χ1v) is 11.2. The molecule has 3 rings (SSSR count). The molecule has 1 heterocycles. The molecular formula is C24H33ClIN5O. The number of halogens is 2. The van der Waals surface area contributed by atoms with Gasteiger partial charge >= 0.3 is 0 Å². The van der Waals surface area contributed by atoms with E-state index in [1.165, 1.54) is 24.1 Å². The number of nitrogens with zero attached hydrogens (tertiary/aromatic N) is 2. The number of nitrogens with one attached hydrogen (secondary N) is 3. The van der Waals surface area contributed by atoms with Gasteiger partial charge in [-0.1, -0.05) is 29.8 Å². The summed E-state index contributed by atoms with van der Waals surface area (Å²) in [6.45, 7) is 6.74. The van der Waals surface area contributed by atoms with Gasteiger partial charge in [0.15, 0.2) is 5.96 Å². The van der Waals surface area contributed by atoms with Gasteiger partial charge in [-0.25, -0.2) is 0 Å². The lowest BCUT2D eigenvalue weighted by atomic mass is 10.1. The van der Waals surface area contributed by atoms with E-state index in [4.69, 9.17) is 11.6 Å². The first kappa shape index (κ1) is 26.3. The van der Waals surface area contributed by atoms with Crippen molar-refractivity contribution in [3.8, 4) is 0 Å². The Hall–Kier alpha value is -2.00. The van der Waals surface area contributed by atoms with E-state index in [-0.39, 0.29) is 35.9 Å². The molecule has 0 bridgehead atoms. The highest BCUT2D eigenvalue weighted by Gasteiger charge is 2.15. The van der Waals surface area contributed by atoms with Crippen molar-refractivity contribution in [3.63, 3.8) is 0 Å². The predicted molar refractivity (Wildman–Crippen MR) is 146 cm³/mol. The molecule has 1 unspecified atom stereocenters. The highest BCUT2D eigenvalue weighted by molar-refractivity contribution is 14.0. The van der Waals surface area contributed by atoms with Gasteiger partial charge in [-0.15, -0.1) is 24.0 Å². The summed E-state index contributed by atoms with van der Waals surface area (Å²) in [6.07, 6.45) is 2.85. The minimum atomic E-state index is -0.0697. The SMILES string of the molecule is CN=C(NCCC(=O)Nc1cccc(Cl)c1C)NC(C)c1cccc(N2CCCC2)c1.I. The van der Waals surface area contributed by atoms with E-state index in [2.05, 4.69) is 57.0 Å². The van der Waals surface area contributed by atoms with Gasteiger partial charge in [-0.05, 0) is 62.1 Å². The van der Waals surface area contributed by atoms with Gasteiger partial charge in [0.25, 0.3) is 0 Å². The fourth-order valence-electron chi connectivity index (χ4n) is 3.70. The van der Waals surface area contributed by atoms with Crippen molar-refractivity contribution in [2.45, 2.75) is 39.2 Å². The lowest BCUT2D eigenvalue weighted by molar-refractivity contribution is -0.116. The molecule has 0 aromatic heterocycles. The second-order valence-corrected chi connectivity index (χ2v) is 8.27. The van der Waals surface area contributed by atoms with Crippen molar-refractivity contribution in [1.29, 1.82) is 0 Å². The first-order chi connectivity index (χ1) is 15.0. The van der Waals surface area contributed by atoms with Crippen LogP contribution in [0.1, 0.15) is 43.4 Å². The average Bonchev–Trinajstić information content (AvgIpc) is 3.31. The van der Waals surface area contributed by atoms with E-state index in [1.807, 2.05) is 25.1 Å². The van der Waals surface area contributed by atoms with E-state index in [0.29, 0.717) is 23.9 Å². The van der Waals surface area contributed by atoms with Gasteiger partial charge < -0.3 is 20.9 Å². The zero-order chi connectivity index (χ0) is 22.2. The Morgan fingerprint density at radius 1 is 1.19 bits per heavy atom. The molecule has 1 atom stereocenters. The van der Waals surface area contributed by atoms with Crippen LogP contribution in [-0.2, 0) is 4.79 Å². The van der Waals surface area contributed by atoms with Crippen molar-refractivity contribution in [2.75, 3.05) is 36.9 Å². The quantitative estimate of drug-likeness (QED) is 0.246. The highest BCUT2D eigenvalue weighted by Crippen LogP contribution is 2.24. The largest absolute Gasteiger partial charge is 0.372 e. The maximum atomic E-state index is 12.3. The molecule has 174 valence electrons. The third-order valence-electron chi connectivity index (χ3n) is 5.60. The molecule has 1 fully saturated rings. The molecular weight excluding hydrogens is 537 g/mol. The Bertz CT molecular complexity index is 930. The number of anilines is 2. The van der Waals surface area contributed by atoms with Crippen molar-refractivity contribution in [2.24, 2.45) is 4.99 Å². The van der Waals surface area contributed by atoms with Crippen molar-refractivity contribution >= 4 is 58.8 Å². The summed E-state index contributed by atoms with van der Waals surface area (Å²) < 4.78 is 0. The molecule has 1 amide bonds. The van der Waals surface area contributed by atoms with Crippen LogP contribution in [0.15, 0.2) is 47.5 Å². The fourth-order valence-corrected chi connectivity index (χ4v) is 3.87. The maximum absolute atomic E-state index is 12.3. The molecule has 8 heteroatoms. The number of aliphatic imine (C=N–C) groups is 1. The number of guanidine groups is 1. The summed E-state index contributed by atoms with van der Waals surface area (Å²) in [4.78, 5) is 19.0. The number of hydrogen-bond donors (Lipinski definition) is 3. The second-order valence-electron chi connectivity index (χ2n) is 7.86. The van der Waals surface area contributed by atoms with Crippen LogP contribution in [0.5, 0.6) is 0 Å². The van der Waals surface area contributed by atoms with Crippen molar-refractivity contribution < 1.29 is 4.79 Å². The van der Waals surface area contributed by atoms with Crippen LogP contribution in [0.25, 0.3) is 0 Å². The van der Waals surface area contributed by atoms with Gasteiger partial charge in [0, 0.05) is 49.5 Å². The van der Waals surface area contributed by atoms with Crippen LogP contribution in [0.2, 0.25) is 5.02 Å². The number of amides is 1. The summed E-state index contributed by atoms with van der Waals surface area (Å²) in [6, 6.07) is 14.2. The van der Waals surface area contributed by atoms with Gasteiger partial charge in [-0.3, -0.25) is 9.79 Å². The molecule has 0 saturated carbocycles. The normalized spacial score (nSPS) is 14.5. The molecule has 3 N–H and O–H groups in total. The van der Waals surface area contributed by atoms with Crippen LogP contribution in [0, 0.1) is 6.92 Å². The molecule has 0 spiro atoms. The first-order valence-electron chi connectivity index (χ1n) is 10.8. The van der Waals surface area contributed by atoms with Gasteiger partial charge in [0.05, 0.1) is 6.04 Å². The summed E-state index contributed by atoms with van der Waals surface area (Å²) in [5, 5.41) is 10.2. The molecule has 2 aromatic carbocycles. The molecule has 6 nitrogen and oxygen atoms in total. The van der Waals surface area contributed by atoms with Crippen LogP contribution < -0.4 is 20.9 Å². The fraction of sp³-hybridized carbons (Fsp3) is 0.417. The molecule has 32 heavy (non-hydrogen) atoms. The predicted octanol–water partition coefficient (Wildman–Crippen LogP) is 5.12. The van der Waals surface area contributed by atoms with E-state index >= 15 is 0 Å². The van der Waals surface area contributed by atoms with Crippen LogP contribution in [0.4, 0.5) is 11.4 Å². The minimum absolute atomic E-state index is 0. The Labute approximate surface area is 213 Å². The Morgan fingerprint density at radius 3 is 2.62 bits per heavy atom. The van der Waals surface area contributed by atoms with Gasteiger partial charge in [-0.2, -0.15) is 0 Å². The third-order valence-corrected chi connectivity index (χ3v) is 6.01. The second kappa shape index (κ2) is 12.9. The van der Waals surface area contributed by atoms with Crippen LogP contribution >= 0.6 is 35.6 Å². The Kier molecular flexibility index (Phi) is 10.6. The lowest BCUT2D eigenvalue weighted by Crippen LogP contribution is -2.40. The third kappa shape index (κ3) is 7.27. The Morgan fingerprint density at radius 2 is 1.91 bits per heavy atom. The van der Waals surface area contributed by atoms with Crippen molar-refractivity contribution in [1.82, 2.24) is 10.6 Å². The van der Waals surface area contributed by atoms with Crippen molar-refractivity contribution in [3.05, 3.63) is 58.6 Å². The zero-order valence-corrected chi connectivity index (χ0v) is 22.0. The summed E-state index contributed by atoms with van der Waals surface area (Å²) in [5.41, 5.74) is 4.10. The number of hydrogen-bond acceptors (Lipinski definition) is 3. The molecule has 0 radical (unpaired) electrons. The molecule has 2 aromatic rings. The molecule has 1 aliphatic rings. The molecule has 1 aliphatic heterocycles. The van der Waals surface area contributed by atoms with E-state index in [9.17, 15) is 4.79 Å². The molecule has 0 aliphatic carbocycles. The van der Waals surface area contributed by atoms with Gasteiger partial charge in [0.1, 0.15) is 0 Å². The number of carbonyl (C=O) groups is 1. The van der Waals surface area contributed by atoms with E-state index < -0.39 is 0 Å². The van der Waals surface area contributed by atoms with E-state index in [1.54, 1.807) is 7.05 Å². The van der Waals surface area contributed by atoms with Gasteiger partial charge in [0.2, 0.25) is 5.91 Å². The summed E-state index contributed by atoms with van der Waals surface area (Å²) in [7, 11) is 1.73. The topological polar surface area (TPSA) is 68.8 Å². The average molecular weight is 570 g/mol. The van der Waals surface area contributed by atoms with Crippen LogP contribution in [0.3, 0.4) is 0 Å². The zero-order valence-electron chi connectivity index (χ0n) is 19.0. The van der Waals surface area contributed by atoms with E-state index in [0.717, 1.165) is 24.3 Å². The Balaban J connectivity index is 0.00000363. The smallest absolute Gasteiger partial charge is 0.226 e. The lowest BCUT2D eigenvalue weighted by Gasteiger charge is -2.22. The highest BCUT2D eigenvalue weighted by atomic mass is 127. The number of carbonyl (C=O) groups excluding carboxylic acids is 1. The summed E-state index contributed by atoms with van der Waals surface area (Å²) in [5.74, 6) is 0.602. The standard InChI is InChI=1S/C24H32ClN5O.HI/c1-17-21(25)10-7-11-22(17)29-23(31)12-13-27-24(26-3)28-18(2)19-8-6-9-20(16-19)30-14-4-5-15-30;/h6-11,16,18H,4-5,12-15H2,1-3H3,(H,29,31)(H2,26,27,28);1H. The number of benzene rings is 2. The molecule has 1 saturated heterocycles. The monoisotopic (exact) mass is 569 g/mol. The minimum Gasteiger partial charge on any atom is -0.372 e. The summed E-state index contributed by atoms with van der Waals surface area (Å²) >= 11 is 6.12. The number of rotatable bonds is 7. The van der Waals surface area contributed by atoms with Crippen LogP contribution in [-0.4, -0.2) is 38.5 Å². The maximum Gasteiger partial charge on any atom is 0.226 e.